The molecule has 8 heteroatoms. The highest BCUT2D eigenvalue weighted by Gasteiger charge is 2.34. The third kappa shape index (κ3) is 6.69. The summed E-state index contributed by atoms with van der Waals surface area (Å²) in [5.74, 6) is 1.24. The molecular formula is C24H31IN4O3. The molecule has 1 heterocycles. The molecule has 32 heavy (non-hydrogen) atoms. The molecule has 0 aromatic heterocycles. The van der Waals surface area contributed by atoms with Gasteiger partial charge in [-0.05, 0) is 56.0 Å². The molecule has 0 atom stereocenters. The Morgan fingerprint density at radius 2 is 1.62 bits per heavy atom. The summed E-state index contributed by atoms with van der Waals surface area (Å²) in [6.45, 7) is 4.63. The predicted octanol–water partition coefficient (Wildman–Crippen LogP) is 3.49. The van der Waals surface area contributed by atoms with Crippen LogP contribution in [0.1, 0.15) is 46.0 Å². The maximum atomic E-state index is 12.4. The molecule has 2 aromatic carbocycles. The number of amides is 2. The fourth-order valence-corrected chi connectivity index (χ4v) is 3.47. The van der Waals surface area contributed by atoms with Crippen LogP contribution >= 0.6 is 24.0 Å². The van der Waals surface area contributed by atoms with Gasteiger partial charge in [0.2, 0.25) is 0 Å². The molecule has 0 unspecified atom stereocenters. The smallest absolute Gasteiger partial charge is 0.261 e. The molecule has 2 aromatic rings. The maximum absolute atomic E-state index is 12.4. The van der Waals surface area contributed by atoms with Crippen molar-refractivity contribution in [2.75, 3.05) is 33.3 Å². The Morgan fingerprint density at radius 3 is 2.22 bits per heavy atom. The van der Waals surface area contributed by atoms with Crippen molar-refractivity contribution in [2.45, 2.75) is 26.2 Å². The number of nitrogens with one attached hydrogen (secondary N) is 2. The first-order valence-electron chi connectivity index (χ1n) is 10.7. The quantitative estimate of drug-likeness (QED) is 0.156. The number of unbranched alkanes of at least 4 members (excludes halogenated alkanes) is 1. The van der Waals surface area contributed by atoms with E-state index in [4.69, 9.17) is 4.74 Å². The first-order valence-corrected chi connectivity index (χ1v) is 10.7. The highest BCUT2D eigenvalue weighted by molar-refractivity contribution is 14.0. The van der Waals surface area contributed by atoms with E-state index in [0.717, 1.165) is 44.1 Å². The van der Waals surface area contributed by atoms with E-state index in [2.05, 4.69) is 27.8 Å². The summed E-state index contributed by atoms with van der Waals surface area (Å²) in [7, 11) is 1.66. The van der Waals surface area contributed by atoms with Crippen LogP contribution in [0.4, 0.5) is 0 Å². The third-order valence-corrected chi connectivity index (χ3v) is 5.15. The molecule has 0 fully saturated rings. The molecule has 0 aliphatic carbocycles. The van der Waals surface area contributed by atoms with Crippen LogP contribution in [0.5, 0.6) is 5.75 Å². The number of guanidine groups is 1. The number of nitrogens with zero attached hydrogens (tertiary/aromatic N) is 2. The van der Waals surface area contributed by atoms with Gasteiger partial charge in [0, 0.05) is 26.2 Å². The summed E-state index contributed by atoms with van der Waals surface area (Å²) in [4.78, 5) is 30.7. The second-order valence-corrected chi connectivity index (χ2v) is 7.30. The van der Waals surface area contributed by atoms with Crippen molar-refractivity contribution < 1.29 is 14.3 Å². The van der Waals surface area contributed by atoms with Crippen LogP contribution in [0, 0.1) is 0 Å². The van der Waals surface area contributed by atoms with Crippen molar-refractivity contribution in [1.29, 1.82) is 0 Å². The fourth-order valence-electron chi connectivity index (χ4n) is 3.47. The number of ether oxygens (including phenoxy) is 1. The zero-order valence-corrected chi connectivity index (χ0v) is 20.9. The second kappa shape index (κ2) is 13.0. The second-order valence-electron chi connectivity index (χ2n) is 7.30. The van der Waals surface area contributed by atoms with Gasteiger partial charge in [-0.15, -0.1) is 24.0 Å². The van der Waals surface area contributed by atoms with E-state index in [-0.39, 0.29) is 35.8 Å². The number of hydrogen-bond donors (Lipinski definition) is 2. The first-order chi connectivity index (χ1) is 15.1. The highest BCUT2D eigenvalue weighted by atomic mass is 127. The van der Waals surface area contributed by atoms with Crippen molar-refractivity contribution >= 4 is 41.8 Å². The zero-order chi connectivity index (χ0) is 22.1. The lowest BCUT2D eigenvalue weighted by molar-refractivity contribution is 0.0652. The highest BCUT2D eigenvalue weighted by Crippen LogP contribution is 2.22. The minimum atomic E-state index is -0.197. The summed E-state index contributed by atoms with van der Waals surface area (Å²) in [6.07, 6.45) is 2.40. The van der Waals surface area contributed by atoms with Crippen LogP contribution in [0.2, 0.25) is 0 Å². The van der Waals surface area contributed by atoms with Gasteiger partial charge in [0.05, 0.1) is 18.2 Å². The number of fused-ring (bicyclic) bond motifs is 1. The van der Waals surface area contributed by atoms with Crippen molar-refractivity contribution in [3.63, 3.8) is 0 Å². The molecule has 7 nitrogen and oxygen atoms in total. The molecule has 1 aliphatic heterocycles. The Labute approximate surface area is 206 Å². The Kier molecular flexibility index (Phi) is 10.5. The maximum Gasteiger partial charge on any atom is 0.261 e. The number of aliphatic imine (C=N–C) groups is 1. The van der Waals surface area contributed by atoms with Gasteiger partial charge in [0.25, 0.3) is 11.8 Å². The number of halogens is 1. The summed E-state index contributed by atoms with van der Waals surface area (Å²) >= 11 is 0. The molecule has 0 saturated heterocycles. The van der Waals surface area contributed by atoms with Gasteiger partial charge < -0.3 is 15.4 Å². The Bertz CT molecular complexity index is 896. The normalized spacial score (nSPS) is 12.9. The van der Waals surface area contributed by atoms with E-state index in [0.29, 0.717) is 24.2 Å². The summed E-state index contributed by atoms with van der Waals surface area (Å²) in [5.41, 5.74) is 2.23. The monoisotopic (exact) mass is 550 g/mol. The Hall–Kier alpha value is -2.62. The standard InChI is InChI=1S/C24H30N4O3.HI/c1-3-25-24(27-16-14-18-10-12-19(31-2)13-11-18)26-15-6-7-17-28-22(29)20-8-4-5-9-21(20)23(28)30;/h4-5,8-13H,3,6-7,14-17H2,1-2H3,(H2,25,26,27);1H. The van der Waals surface area contributed by atoms with E-state index >= 15 is 0 Å². The molecule has 3 rings (SSSR count). The minimum absolute atomic E-state index is 0. The number of benzene rings is 2. The number of rotatable bonds is 10. The largest absolute Gasteiger partial charge is 0.497 e. The van der Waals surface area contributed by atoms with Gasteiger partial charge in [-0.3, -0.25) is 19.5 Å². The predicted molar refractivity (Wildman–Crippen MR) is 137 cm³/mol. The SMILES string of the molecule is CCNC(=NCCCCN1C(=O)c2ccccc2C1=O)NCCc1ccc(OC)cc1.I. The van der Waals surface area contributed by atoms with Crippen LogP contribution in [0.3, 0.4) is 0 Å². The zero-order valence-electron chi connectivity index (χ0n) is 18.6. The lowest BCUT2D eigenvalue weighted by atomic mass is 10.1. The minimum Gasteiger partial charge on any atom is -0.497 e. The molecule has 2 N–H and O–H groups in total. The van der Waals surface area contributed by atoms with Crippen LogP contribution < -0.4 is 15.4 Å². The van der Waals surface area contributed by atoms with E-state index in [1.807, 2.05) is 19.1 Å². The Morgan fingerprint density at radius 1 is 0.969 bits per heavy atom. The van der Waals surface area contributed by atoms with E-state index in [1.165, 1.54) is 10.5 Å². The summed E-state index contributed by atoms with van der Waals surface area (Å²) < 4.78 is 5.18. The van der Waals surface area contributed by atoms with Crippen molar-refractivity contribution in [3.05, 3.63) is 65.2 Å². The number of carbonyl (C=O) groups is 2. The van der Waals surface area contributed by atoms with Crippen LogP contribution in [0.25, 0.3) is 0 Å². The molecule has 0 spiro atoms. The van der Waals surface area contributed by atoms with Crippen molar-refractivity contribution in [3.8, 4) is 5.75 Å². The van der Waals surface area contributed by atoms with Gasteiger partial charge in [0.15, 0.2) is 5.96 Å². The lowest BCUT2D eigenvalue weighted by Gasteiger charge is -2.14. The lowest BCUT2D eigenvalue weighted by Crippen LogP contribution is -2.38. The van der Waals surface area contributed by atoms with Gasteiger partial charge in [-0.25, -0.2) is 0 Å². The summed E-state index contributed by atoms with van der Waals surface area (Å²) in [5, 5.41) is 6.59. The third-order valence-electron chi connectivity index (χ3n) is 5.15. The molecule has 1 aliphatic rings. The van der Waals surface area contributed by atoms with Gasteiger partial charge >= 0.3 is 0 Å². The molecule has 172 valence electrons. The number of hydrogen-bond acceptors (Lipinski definition) is 4. The number of carbonyl (C=O) groups excluding carboxylic acids is 2. The average molecular weight is 550 g/mol. The van der Waals surface area contributed by atoms with Gasteiger partial charge in [-0.2, -0.15) is 0 Å². The van der Waals surface area contributed by atoms with Crippen LogP contribution in [0.15, 0.2) is 53.5 Å². The van der Waals surface area contributed by atoms with E-state index < -0.39 is 0 Å². The van der Waals surface area contributed by atoms with E-state index in [9.17, 15) is 9.59 Å². The Balaban J connectivity index is 0.00000363. The molecule has 0 radical (unpaired) electrons. The topological polar surface area (TPSA) is 83.0 Å². The van der Waals surface area contributed by atoms with Crippen molar-refractivity contribution in [1.82, 2.24) is 15.5 Å². The number of imide groups is 1. The van der Waals surface area contributed by atoms with Crippen LogP contribution in [-0.4, -0.2) is 56.0 Å². The molecule has 0 saturated carbocycles. The number of methoxy groups -OCH3 is 1. The average Bonchev–Trinajstić information content (AvgIpc) is 3.04. The first kappa shape index (κ1) is 25.6. The van der Waals surface area contributed by atoms with Crippen molar-refractivity contribution in [2.24, 2.45) is 4.99 Å². The molecular weight excluding hydrogens is 519 g/mol. The summed E-state index contributed by atoms with van der Waals surface area (Å²) in [6, 6.07) is 15.0. The molecule has 2 amide bonds. The fraction of sp³-hybridized carbons (Fsp3) is 0.375. The van der Waals surface area contributed by atoms with Crippen LogP contribution in [-0.2, 0) is 6.42 Å². The molecule has 0 bridgehead atoms. The van der Waals surface area contributed by atoms with Gasteiger partial charge in [0.1, 0.15) is 5.75 Å². The van der Waals surface area contributed by atoms with Gasteiger partial charge in [-0.1, -0.05) is 24.3 Å². The van der Waals surface area contributed by atoms with E-state index in [1.54, 1.807) is 31.4 Å².